The summed E-state index contributed by atoms with van der Waals surface area (Å²) < 4.78 is 4.56. The van der Waals surface area contributed by atoms with Gasteiger partial charge in [0, 0.05) is 32.8 Å². The lowest BCUT2D eigenvalue weighted by atomic mass is 9.88. The summed E-state index contributed by atoms with van der Waals surface area (Å²) in [5.74, 6) is -0.205. The van der Waals surface area contributed by atoms with E-state index in [4.69, 9.17) is 0 Å². The zero-order valence-corrected chi connectivity index (χ0v) is 28.5. The van der Waals surface area contributed by atoms with Gasteiger partial charge in [0.25, 0.3) is 0 Å². The largest absolute Gasteiger partial charge is 0.309 e. The van der Waals surface area contributed by atoms with E-state index in [1.165, 1.54) is 0 Å². The topological polar surface area (TPSA) is 81.2 Å². The van der Waals surface area contributed by atoms with E-state index >= 15 is 0 Å². The Kier molecular flexibility index (Phi) is 7.32. The maximum Gasteiger partial charge on any atom is 0.0991 e. The number of hydrogen-bond acceptors (Lipinski definition) is 3. The van der Waals surface area contributed by atoms with Gasteiger partial charge in [-0.3, -0.25) is 0 Å². The molecule has 0 N–H and O–H groups in total. The van der Waals surface area contributed by atoms with Gasteiger partial charge >= 0.3 is 0 Å². The normalized spacial score (nSPS) is 15.9. The maximum atomic E-state index is 10.4. The van der Waals surface area contributed by atoms with Crippen LogP contribution in [0.3, 0.4) is 0 Å². The Morgan fingerprint density at radius 2 is 1.15 bits per heavy atom. The summed E-state index contributed by atoms with van der Waals surface area (Å²) >= 11 is 0. The molecule has 1 aliphatic rings. The van der Waals surface area contributed by atoms with Gasteiger partial charge < -0.3 is 9.13 Å². The second-order valence-electron chi connectivity index (χ2n) is 13.5. The van der Waals surface area contributed by atoms with Crippen molar-refractivity contribution in [2.24, 2.45) is 11.8 Å². The molecule has 0 bridgehead atoms. The molecule has 2 unspecified atom stereocenters. The van der Waals surface area contributed by atoms with E-state index in [2.05, 4.69) is 137 Å². The summed E-state index contributed by atoms with van der Waals surface area (Å²) in [7, 11) is 0. The molecule has 0 amide bonds. The average molecular weight is 666 g/mol. The van der Waals surface area contributed by atoms with E-state index in [0.717, 1.165) is 77.3 Å². The van der Waals surface area contributed by atoms with E-state index < -0.39 is 0 Å². The standard InChI is InChI=1S/C47H31N5/c1-30-17-20-36(41-23-31(27-48)19-22-47(41)52-44-15-6-2-11-37(44)38-12-3-7-16-45(38)52)40(26-34(30)29-50)33-9-8-10-35(25-33)51-43-14-5-4-13-39(43)42-24-32(28-49)18-21-46(42)51/h2-16,18-26,30,34H,17H2,1H3. The van der Waals surface area contributed by atoms with Crippen LogP contribution in [0.1, 0.15) is 35.6 Å². The first kappa shape index (κ1) is 30.9. The Bertz CT molecular complexity index is 2890. The van der Waals surface area contributed by atoms with Gasteiger partial charge in [0.1, 0.15) is 0 Å². The molecule has 9 rings (SSSR count). The highest BCUT2D eigenvalue weighted by atomic mass is 15.0. The number of benzene rings is 6. The predicted octanol–water partition coefficient (Wildman–Crippen LogP) is 11.3. The highest BCUT2D eigenvalue weighted by Gasteiger charge is 2.26. The minimum atomic E-state index is -0.305. The lowest BCUT2D eigenvalue weighted by Crippen LogP contribution is -2.05. The van der Waals surface area contributed by atoms with E-state index in [1.807, 2.05) is 42.5 Å². The SMILES string of the molecule is CC1CC=C(c2cc(C#N)ccc2-n2c3ccccc3c3ccccc32)C(c2cccc(-n3c4ccccc4c4cc(C#N)ccc43)c2)=CC1C#N. The molecule has 0 saturated heterocycles. The number of rotatable bonds is 4. The van der Waals surface area contributed by atoms with Crippen LogP contribution in [0.25, 0.3) is 66.1 Å². The van der Waals surface area contributed by atoms with Gasteiger partial charge in [0.15, 0.2) is 0 Å². The minimum absolute atomic E-state index is 0.100. The molecule has 52 heavy (non-hydrogen) atoms. The Morgan fingerprint density at radius 3 is 1.83 bits per heavy atom. The van der Waals surface area contributed by atoms with Crippen LogP contribution in [-0.2, 0) is 0 Å². The van der Waals surface area contributed by atoms with Gasteiger partial charge in [-0.2, -0.15) is 15.8 Å². The molecule has 2 heterocycles. The molecule has 1 aliphatic carbocycles. The van der Waals surface area contributed by atoms with Crippen molar-refractivity contribution in [2.45, 2.75) is 13.3 Å². The van der Waals surface area contributed by atoms with Gasteiger partial charge in [0.05, 0.1) is 63.0 Å². The summed E-state index contributed by atoms with van der Waals surface area (Å²) in [5, 5.41) is 34.7. The number of nitriles is 3. The second kappa shape index (κ2) is 12.3. The predicted molar refractivity (Wildman–Crippen MR) is 210 cm³/mol. The average Bonchev–Trinajstić information content (AvgIpc) is 3.65. The first-order valence-corrected chi connectivity index (χ1v) is 17.5. The second-order valence-corrected chi connectivity index (χ2v) is 13.5. The van der Waals surface area contributed by atoms with Crippen LogP contribution in [0.15, 0.2) is 146 Å². The first-order chi connectivity index (χ1) is 25.6. The first-order valence-electron chi connectivity index (χ1n) is 17.5. The van der Waals surface area contributed by atoms with Crippen molar-refractivity contribution in [1.29, 1.82) is 15.8 Å². The molecular formula is C47H31N5. The molecule has 0 radical (unpaired) electrons. The zero-order chi connectivity index (χ0) is 35.3. The smallest absolute Gasteiger partial charge is 0.0991 e. The summed E-state index contributed by atoms with van der Waals surface area (Å²) in [6.45, 7) is 2.13. The van der Waals surface area contributed by atoms with Crippen molar-refractivity contribution in [3.05, 3.63) is 168 Å². The number of allylic oxidation sites excluding steroid dienone is 4. The zero-order valence-electron chi connectivity index (χ0n) is 28.5. The van der Waals surface area contributed by atoms with Crippen LogP contribution in [0.4, 0.5) is 0 Å². The van der Waals surface area contributed by atoms with E-state index in [-0.39, 0.29) is 11.8 Å². The molecule has 6 aromatic carbocycles. The van der Waals surface area contributed by atoms with E-state index in [1.54, 1.807) is 0 Å². The van der Waals surface area contributed by atoms with Crippen molar-refractivity contribution >= 4 is 54.8 Å². The Labute approximate surface area is 301 Å². The third kappa shape index (κ3) is 4.82. The van der Waals surface area contributed by atoms with Crippen LogP contribution < -0.4 is 0 Å². The summed E-state index contributed by atoms with van der Waals surface area (Å²) in [6, 6.07) is 52.8. The van der Waals surface area contributed by atoms with Gasteiger partial charge in [-0.1, -0.05) is 85.8 Å². The fourth-order valence-corrected chi connectivity index (χ4v) is 8.00. The summed E-state index contributed by atoms with van der Waals surface area (Å²) in [4.78, 5) is 0. The van der Waals surface area contributed by atoms with Crippen molar-refractivity contribution < 1.29 is 0 Å². The van der Waals surface area contributed by atoms with Crippen molar-refractivity contribution in [3.63, 3.8) is 0 Å². The van der Waals surface area contributed by atoms with Crippen LogP contribution in [0.2, 0.25) is 0 Å². The van der Waals surface area contributed by atoms with Crippen LogP contribution in [-0.4, -0.2) is 9.13 Å². The molecule has 8 aromatic rings. The van der Waals surface area contributed by atoms with Gasteiger partial charge in [-0.15, -0.1) is 0 Å². The molecule has 0 aliphatic heterocycles. The highest BCUT2D eigenvalue weighted by Crippen LogP contribution is 2.43. The van der Waals surface area contributed by atoms with Gasteiger partial charge in [0.2, 0.25) is 0 Å². The lowest BCUT2D eigenvalue weighted by molar-refractivity contribution is 0.518. The number of nitrogens with zero attached hydrogens (tertiary/aromatic N) is 5. The molecule has 5 heteroatoms. The number of hydrogen-bond donors (Lipinski definition) is 0. The number of aromatic nitrogens is 2. The van der Waals surface area contributed by atoms with Crippen molar-refractivity contribution in [1.82, 2.24) is 9.13 Å². The molecule has 5 nitrogen and oxygen atoms in total. The Balaban J connectivity index is 1.29. The molecule has 2 atom stereocenters. The summed E-state index contributed by atoms with van der Waals surface area (Å²) in [5.41, 5.74) is 11.3. The molecule has 0 fully saturated rings. The van der Waals surface area contributed by atoms with Crippen LogP contribution in [0.5, 0.6) is 0 Å². The lowest BCUT2D eigenvalue weighted by Gasteiger charge is -2.20. The van der Waals surface area contributed by atoms with Gasteiger partial charge in [-0.05, 0) is 95.8 Å². The maximum absolute atomic E-state index is 10.4. The quantitative estimate of drug-likeness (QED) is 0.188. The fraction of sp³-hybridized carbons (Fsp3) is 0.0851. The van der Waals surface area contributed by atoms with Crippen LogP contribution in [0, 0.1) is 45.8 Å². The monoisotopic (exact) mass is 665 g/mol. The third-order valence-electron chi connectivity index (χ3n) is 10.5. The van der Waals surface area contributed by atoms with Crippen LogP contribution >= 0.6 is 0 Å². The number of fused-ring (bicyclic) bond motifs is 6. The minimum Gasteiger partial charge on any atom is -0.309 e. The molecule has 2 aromatic heterocycles. The van der Waals surface area contributed by atoms with E-state index in [0.29, 0.717) is 17.5 Å². The molecule has 0 saturated carbocycles. The number of para-hydroxylation sites is 3. The van der Waals surface area contributed by atoms with Crippen molar-refractivity contribution in [3.8, 4) is 29.6 Å². The molecular weight excluding hydrogens is 635 g/mol. The van der Waals surface area contributed by atoms with Gasteiger partial charge in [-0.25, -0.2) is 0 Å². The summed E-state index contributed by atoms with van der Waals surface area (Å²) in [6.07, 6.45) is 5.10. The fourth-order valence-electron chi connectivity index (χ4n) is 8.00. The highest BCUT2D eigenvalue weighted by molar-refractivity contribution is 6.12. The molecule has 0 spiro atoms. The van der Waals surface area contributed by atoms with Crippen molar-refractivity contribution in [2.75, 3.05) is 0 Å². The molecule has 244 valence electrons. The Hall–Kier alpha value is -7.13. The van der Waals surface area contributed by atoms with E-state index in [9.17, 15) is 15.8 Å². The third-order valence-corrected chi connectivity index (χ3v) is 10.5. The Morgan fingerprint density at radius 1 is 0.558 bits per heavy atom.